The van der Waals surface area contributed by atoms with E-state index >= 15 is 0 Å². The van der Waals surface area contributed by atoms with Gasteiger partial charge in [0.15, 0.2) is 80.6 Å². The molecule has 0 unspecified atom stereocenters. The summed E-state index contributed by atoms with van der Waals surface area (Å²) in [4.78, 5) is 50.6. The number of halogens is 7. The van der Waals surface area contributed by atoms with Gasteiger partial charge in [0.25, 0.3) is 0 Å². The first-order valence-electron chi connectivity index (χ1n) is 45.0. The molecule has 698 valence electrons. The SMILES string of the molecule is C#Cc1cccc(Nc2ncnc3cc4c(cc23)OCCO4)c1F.Cc1cccc(Nc2ncnc3cc4c(cc23)OCCCO4)c1F.Cc1cccc(Nc2ncnc3cc4c(cc23)OCCO4)c1F.Cc1cccc(Nc2ncnc3cc4c(cc23)OCCO4)c1F.Cc1cccc(Nc2ncnc3cc4c(cc23)OCO4)c1F.[2H]C1([2H])Oc2cc3ncnc(Nc4cccc(Cl)c4F)c3cc2OC1([2H])[2H]. The Hall–Kier alpha value is -17.5. The normalized spacial score (nSPS) is 14.2. The number of anilines is 12. The van der Waals surface area contributed by atoms with Crippen LogP contribution in [0.2, 0.25) is 5.02 Å². The van der Waals surface area contributed by atoms with Gasteiger partial charge in [-0.25, -0.2) is 86.2 Å². The topological polar surface area (TPSA) is 338 Å². The summed E-state index contributed by atoms with van der Waals surface area (Å²) in [6, 6.07) is 51.0. The summed E-state index contributed by atoms with van der Waals surface area (Å²) in [5.74, 6) is 9.25. The van der Waals surface area contributed by atoms with E-state index in [4.69, 9.17) is 80.3 Å². The van der Waals surface area contributed by atoms with E-state index in [2.05, 4.69) is 97.6 Å². The molecule has 6 aliphatic heterocycles. The Morgan fingerprint density at radius 1 is 0.273 bits per heavy atom. The van der Waals surface area contributed by atoms with Crippen molar-refractivity contribution in [1.82, 2.24) is 59.8 Å². The largest absolute Gasteiger partial charge is 0.490 e. The molecule has 12 heterocycles. The number of fused-ring (bicyclic) bond motifs is 12. The van der Waals surface area contributed by atoms with Gasteiger partial charge in [-0.15, -0.1) is 6.42 Å². The van der Waals surface area contributed by atoms with Gasteiger partial charge in [0.2, 0.25) is 6.79 Å². The Bertz CT molecular complexity index is 7890. The van der Waals surface area contributed by atoms with E-state index in [0.717, 1.165) is 28.0 Å². The third-order valence-corrected chi connectivity index (χ3v) is 22.3. The minimum Gasteiger partial charge on any atom is -0.490 e. The zero-order chi connectivity index (χ0) is 99.2. The maximum atomic E-state index is 14.3. The first kappa shape index (κ1) is 85.7. The second kappa shape index (κ2) is 40.8. The summed E-state index contributed by atoms with van der Waals surface area (Å²) in [6.07, 6.45) is 14.5. The smallest absolute Gasteiger partial charge is 0.231 e. The lowest BCUT2D eigenvalue weighted by Gasteiger charge is -2.19. The van der Waals surface area contributed by atoms with Crippen LogP contribution in [0.4, 0.5) is 95.4 Å². The monoisotopic (exact) mass is 1900 g/mol. The minimum absolute atomic E-state index is 0.00112. The van der Waals surface area contributed by atoms with Gasteiger partial charge in [-0.05, 0) is 135 Å². The lowest BCUT2D eigenvalue weighted by atomic mass is 10.1. The van der Waals surface area contributed by atoms with Gasteiger partial charge in [-0.1, -0.05) is 78.2 Å². The first-order chi connectivity index (χ1) is 69.3. The zero-order valence-electron chi connectivity index (χ0n) is 77.8. The Kier molecular flexibility index (Phi) is 25.1. The predicted molar refractivity (Wildman–Crippen MR) is 513 cm³/mol. The van der Waals surface area contributed by atoms with Gasteiger partial charge in [-0.3, -0.25) is 0 Å². The van der Waals surface area contributed by atoms with E-state index < -0.39 is 24.8 Å². The second-order valence-electron chi connectivity index (χ2n) is 31.1. The average Bonchev–Trinajstić information content (AvgIpc) is 1.10. The molecule has 24 rings (SSSR count). The number of terminal acetylenes is 1. The number of benzene rings is 12. The van der Waals surface area contributed by atoms with Crippen LogP contribution >= 0.6 is 11.6 Å². The zero-order valence-corrected chi connectivity index (χ0v) is 74.6. The fourth-order valence-corrected chi connectivity index (χ4v) is 15.2. The Labute approximate surface area is 798 Å². The molecule has 0 amide bonds. The number of nitrogens with zero attached hydrogens (tertiary/aromatic N) is 12. The van der Waals surface area contributed by atoms with Crippen molar-refractivity contribution in [1.29, 1.82) is 0 Å². The van der Waals surface area contributed by atoms with Gasteiger partial charge in [-0.2, -0.15) is 0 Å². The van der Waals surface area contributed by atoms with Crippen molar-refractivity contribution in [3.8, 4) is 81.3 Å². The van der Waals surface area contributed by atoms with Gasteiger partial charge >= 0.3 is 0 Å². The number of rotatable bonds is 12. The minimum atomic E-state index is -2.70. The summed E-state index contributed by atoms with van der Waals surface area (Å²) in [5, 5.41) is 22.0. The van der Waals surface area contributed by atoms with E-state index in [1.54, 1.807) is 149 Å². The highest BCUT2D eigenvalue weighted by molar-refractivity contribution is 6.31. The highest BCUT2D eigenvalue weighted by atomic mass is 35.5. The summed E-state index contributed by atoms with van der Waals surface area (Å²) in [5.41, 5.74) is 8.20. The van der Waals surface area contributed by atoms with Crippen molar-refractivity contribution < 1.29 is 88.7 Å². The molecule has 6 N–H and O–H groups in total. The highest BCUT2D eigenvalue weighted by Gasteiger charge is 2.26. The van der Waals surface area contributed by atoms with E-state index in [1.807, 2.05) is 36.4 Å². The molecule has 12 aromatic carbocycles. The molecule has 0 bridgehead atoms. The fraction of sp³-hybridized carbons (Fsp3) is 0.157. The van der Waals surface area contributed by atoms with Crippen molar-refractivity contribution >= 4 is 146 Å². The van der Waals surface area contributed by atoms with Gasteiger partial charge in [0.05, 0.1) is 96.5 Å². The van der Waals surface area contributed by atoms with Crippen molar-refractivity contribution in [2.24, 2.45) is 0 Å². The summed E-state index contributed by atoms with van der Waals surface area (Å²) < 4.78 is 182. The molecular weight excluding hydrogens is 1820 g/mol. The molecule has 0 atom stereocenters. The summed E-state index contributed by atoms with van der Waals surface area (Å²) in [6.45, 7) is 5.93. The van der Waals surface area contributed by atoms with Crippen LogP contribution in [-0.4, -0.2) is 133 Å². The number of hydrogen-bond donors (Lipinski definition) is 6. The van der Waals surface area contributed by atoms with Crippen molar-refractivity contribution in [3.05, 3.63) is 288 Å². The number of aromatic nitrogens is 12. The Morgan fingerprint density at radius 3 is 0.784 bits per heavy atom. The third kappa shape index (κ3) is 20.1. The molecule has 0 saturated heterocycles. The van der Waals surface area contributed by atoms with E-state index in [1.165, 1.54) is 62.2 Å². The van der Waals surface area contributed by atoms with Crippen LogP contribution in [0.5, 0.6) is 69.0 Å². The van der Waals surface area contributed by atoms with Gasteiger partial charge < -0.3 is 88.7 Å². The second-order valence-corrected chi connectivity index (χ2v) is 31.5. The molecule has 18 aromatic rings. The summed E-state index contributed by atoms with van der Waals surface area (Å²) >= 11 is 5.79. The van der Waals surface area contributed by atoms with Crippen LogP contribution < -0.4 is 88.7 Å². The molecule has 30 nitrogen and oxygen atoms in total. The van der Waals surface area contributed by atoms with Crippen molar-refractivity contribution in [2.45, 2.75) is 34.1 Å². The van der Waals surface area contributed by atoms with Crippen LogP contribution in [0, 0.1) is 74.9 Å². The lowest BCUT2D eigenvalue weighted by Crippen LogP contribution is -2.15. The predicted octanol–water partition coefficient (Wildman–Crippen LogP) is 21.9. The molecule has 6 aromatic heterocycles. The maximum Gasteiger partial charge on any atom is 0.231 e. The van der Waals surface area contributed by atoms with Gasteiger partial charge in [0, 0.05) is 75.1 Å². The quantitative estimate of drug-likeness (QED) is 0.0489. The summed E-state index contributed by atoms with van der Waals surface area (Å²) in [7, 11) is 0. The number of hydrogen-bond acceptors (Lipinski definition) is 30. The molecule has 0 spiro atoms. The van der Waals surface area contributed by atoms with Crippen molar-refractivity contribution in [3.63, 3.8) is 0 Å². The van der Waals surface area contributed by atoms with E-state index in [-0.39, 0.29) is 69.3 Å². The van der Waals surface area contributed by atoms with Crippen molar-refractivity contribution in [2.75, 3.05) is 105 Å². The fourth-order valence-electron chi connectivity index (χ4n) is 15.0. The van der Waals surface area contributed by atoms with Crippen LogP contribution in [-0.2, 0) is 0 Å². The first-order valence-corrected chi connectivity index (χ1v) is 43.4. The molecule has 6 aliphatic rings. The molecule has 0 aliphatic carbocycles. The molecule has 0 saturated carbocycles. The molecule has 0 fully saturated rings. The van der Waals surface area contributed by atoms with Crippen LogP contribution in [0.3, 0.4) is 0 Å². The molecule has 37 heteroatoms. The van der Waals surface area contributed by atoms with E-state index in [9.17, 15) is 26.3 Å². The molecule has 139 heavy (non-hydrogen) atoms. The third-order valence-electron chi connectivity index (χ3n) is 22.0. The van der Waals surface area contributed by atoms with Crippen LogP contribution in [0.25, 0.3) is 65.4 Å². The van der Waals surface area contributed by atoms with Crippen LogP contribution in [0.15, 0.2) is 220 Å². The molecule has 0 radical (unpaired) electrons. The number of aryl methyl sites for hydroxylation is 4. The number of ether oxygens (including phenoxy) is 12. The standard InChI is InChI=1S/C18H16FN3O2.C18H12FN3O2.2C17H14FN3O2.C16H11ClFN3O2.C16H12FN3O2/c1-11-4-2-5-13(17(11)19)22-18-12-8-15-16(24-7-3-6-23-15)9-14(12)20-10-21-18;1-2-11-4-3-5-13(17(11)19)22-18-12-8-15-16(24-7-6-23-15)9-14(12)20-10-21-18;2*1-10-3-2-4-12(16(10)18)21-17-11-7-14-15(23-6-5-22-14)8-13(11)19-9-20-17;17-10-2-1-3-11(15(10)18)21-16-9-6-13-14(23-5-4-22-13)7-12(9)19-8-20-16;1-9-3-2-4-11(15(9)17)20-16-10-5-13-14(22-8-21-13)6-12(10)18-7-19-16/h2,4-5,8-10H,3,6-7H2,1H3,(H,20,21,22);1,3-5,8-10H,6-7H2,(H,20,21,22);2*2-4,7-9H,5-6H2,1H3,(H,19,20,21);1-3,6-8H,4-5H2,(H,19,20,21);2-7H,8H2,1H3,(H,18,19,20)/i;;;;4D2,5D2;. The Balaban J connectivity index is 0.000000109. The highest BCUT2D eigenvalue weighted by Crippen LogP contribution is 2.45. The Morgan fingerprint density at radius 2 is 0.496 bits per heavy atom. The lowest BCUT2D eigenvalue weighted by molar-refractivity contribution is 0.172. The maximum absolute atomic E-state index is 14.3. The van der Waals surface area contributed by atoms with E-state index in [0.29, 0.717) is 228 Å². The molecular formula is C102H79ClF6N18O12. The number of nitrogens with one attached hydrogen (secondary N) is 6. The van der Waals surface area contributed by atoms with Gasteiger partial charge in [0.1, 0.15) is 149 Å². The van der Waals surface area contributed by atoms with Crippen LogP contribution in [0.1, 0.15) is 39.7 Å². The average molecular weight is 1900 g/mol.